The number of hydrogen-bond acceptors (Lipinski definition) is 0. The van der Waals surface area contributed by atoms with Crippen LogP contribution in [0.15, 0.2) is 0 Å². The fourth-order valence-corrected chi connectivity index (χ4v) is 10.6. The zero-order valence-corrected chi connectivity index (χ0v) is 40.3. The number of rotatable bonds is 5. The summed E-state index contributed by atoms with van der Waals surface area (Å²) in [4.78, 5) is 0. The molecule has 0 N–H and O–H groups in total. The standard InChI is InChI=1S/C58H70/c1-27-29(3)43(17)57-51(33(7)31(5)41(15)55(57)39(27)13)25-23-49-35(9)45(19)53(46(20)36(49)10)54-47(21)37(11)50(38(12)48(54)22)24-26-52-34(8)32(6)42(16)56-40(14)28(2)30(4)44(18)58(52)56/h23-26H,1-22H3. The summed E-state index contributed by atoms with van der Waals surface area (Å²) >= 11 is 0. The van der Waals surface area contributed by atoms with E-state index in [1.165, 1.54) is 177 Å². The van der Waals surface area contributed by atoms with Crippen LogP contribution in [-0.4, -0.2) is 0 Å². The summed E-state index contributed by atoms with van der Waals surface area (Å²) < 4.78 is 0. The van der Waals surface area contributed by atoms with Gasteiger partial charge in [0.25, 0.3) is 0 Å². The van der Waals surface area contributed by atoms with E-state index in [9.17, 15) is 0 Å². The molecule has 0 saturated heterocycles. The molecular weight excluding hydrogens is 697 g/mol. The molecule has 0 fully saturated rings. The maximum atomic E-state index is 2.43. The number of hydrogen-bond donors (Lipinski definition) is 0. The Labute approximate surface area is 352 Å². The summed E-state index contributed by atoms with van der Waals surface area (Å²) in [5.41, 5.74) is 38.9. The highest BCUT2D eigenvalue weighted by Crippen LogP contribution is 2.44. The van der Waals surface area contributed by atoms with E-state index in [4.69, 9.17) is 0 Å². The Morgan fingerprint density at radius 2 is 0.328 bits per heavy atom. The van der Waals surface area contributed by atoms with Crippen LogP contribution >= 0.6 is 0 Å². The monoisotopic (exact) mass is 767 g/mol. The van der Waals surface area contributed by atoms with Gasteiger partial charge in [-0.25, -0.2) is 0 Å². The second-order valence-electron chi connectivity index (χ2n) is 18.3. The van der Waals surface area contributed by atoms with E-state index in [1.54, 1.807) is 0 Å². The van der Waals surface area contributed by atoms with E-state index in [2.05, 4.69) is 177 Å². The van der Waals surface area contributed by atoms with Crippen molar-refractivity contribution in [1.29, 1.82) is 0 Å². The fraction of sp³-hybridized carbons (Fsp3) is 0.379. The summed E-state index contributed by atoms with van der Waals surface area (Å²) in [7, 11) is 0. The van der Waals surface area contributed by atoms with Crippen LogP contribution in [0.2, 0.25) is 0 Å². The highest BCUT2D eigenvalue weighted by Gasteiger charge is 2.23. The first-order chi connectivity index (χ1) is 27.0. The zero-order chi connectivity index (χ0) is 43.3. The average molecular weight is 767 g/mol. The molecule has 0 aliphatic heterocycles. The van der Waals surface area contributed by atoms with Crippen molar-refractivity contribution in [2.24, 2.45) is 0 Å². The third kappa shape index (κ3) is 6.15. The van der Waals surface area contributed by atoms with Gasteiger partial charge in [0.05, 0.1) is 0 Å². The summed E-state index contributed by atoms with van der Waals surface area (Å²) in [6.45, 7) is 51.0. The van der Waals surface area contributed by atoms with Crippen molar-refractivity contribution in [2.75, 3.05) is 0 Å². The van der Waals surface area contributed by atoms with E-state index in [-0.39, 0.29) is 0 Å². The van der Waals surface area contributed by atoms with Crippen molar-refractivity contribution < 1.29 is 0 Å². The summed E-state index contributed by atoms with van der Waals surface area (Å²) in [6.07, 6.45) is 9.70. The molecule has 58 heavy (non-hydrogen) atoms. The number of fused-ring (bicyclic) bond motifs is 2. The van der Waals surface area contributed by atoms with Gasteiger partial charge in [0.1, 0.15) is 0 Å². The third-order valence-corrected chi connectivity index (χ3v) is 16.2. The first-order valence-electron chi connectivity index (χ1n) is 21.6. The first-order valence-corrected chi connectivity index (χ1v) is 21.6. The van der Waals surface area contributed by atoms with E-state index in [0.29, 0.717) is 0 Å². The topological polar surface area (TPSA) is 0 Å². The van der Waals surface area contributed by atoms with Crippen molar-refractivity contribution in [1.82, 2.24) is 0 Å². The molecule has 0 aliphatic rings. The van der Waals surface area contributed by atoms with Crippen LogP contribution in [0.1, 0.15) is 145 Å². The van der Waals surface area contributed by atoms with Gasteiger partial charge in [0.2, 0.25) is 0 Å². The molecule has 0 aliphatic carbocycles. The molecule has 6 aromatic rings. The molecule has 0 unspecified atom stereocenters. The van der Waals surface area contributed by atoms with Gasteiger partial charge in [-0.3, -0.25) is 0 Å². The predicted octanol–water partition coefficient (Wildman–Crippen LogP) is 16.8. The van der Waals surface area contributed by atoms with Gasteiger partial charge in [-0.2, -0.15) is 0 Å². The lowest BCUT2D eigenvalue weighted by atomic mass is 9.79. The summed E-state index contributed by atoms with van der Waals surface area (Å²) in [5.74, 6) is 0. The lowest BCUT2D eigenvalue weighted by Gasteiger charge is -2.25. The maximum absolute atomic E-state index is 2.43. The van der Waals surface area contributed by atoms with E-state index < -0.39 is 0 Å². The zero-order valence-electron chi connectivity index (χ0n) is 40.3. The molecule has 0 bridgehead atoms. The van der Waals surface area contributed by atoms with Crippen LogP contribution in [0.4, 0.5) is 0 Å². The minimum atomic E-state index is 1.35. The Hall–Kier alpha value is -4.68. The van der Waals surface area contributed by atoms with E-state index in [0.717, 1.165) is 0 Å². The number of aryl methyl sites for hydroxylation is 6. The van der Waals surface area contributed by atoms with Gasteiger partial charge in [0, 0.05) is 0 Å². The fourth-order valence-electron chi connectivity index (χ4n) is 10.6. The third-order valence-electron chi connectivity index (χ3n) is 16.2. The van der Waals surface area contributed by atoms with Crippen LogP contribution < -0.4 is 0 Å². The largest absolute Gasteiger partial charge is 0.0538 e. The van der Waals surface area contributed by atoms with Gasteiger partial charge in [0.15, 0.2) is 0 Å². The normalized spacial score (nSPS) is 12.2. The molecule has 0 spiro atoms. The van der Waals surface area contributed by atoms with E-state index in [1.807, 2.05) is 0 Å². The molecule has 0 nitrogen and oxygen atoms in total. The number of benzene rings is 6. The van der Waals surface area contributed by atoms with Crippen molar-refractivity contribution in [2.45, 2.75) is 152 Å². The molecule has 302 valence electrons. The Kier molecular flexibility index (Phi) is 11.2. The smallest absolute Gasteiger partial charge is 0.00711 e. The molecule has 0 atom stereocenters. The highest BCUT2D eigenvalue weighted by atomic mass is 14.3. The first kappa shape index (κ1) is 42.9. The minimum Gasteiger partial charge on any atom is -0.0538 e. The molecule has 6 aromatic carbocycles. The second kappa shape index (κ2) is 15.2. The minimum absolute atomic E-state index is 1.35. The van der Waals surface area contributed by atoms with Crippen LogP contribution in [0.25, 0.3) is 57.0 Å². The quantitative estimate of drug-likeness (QED) is 0.153. The Morgan fingerprint density at radius 3 is 0.569 bits per heavy atom. The predicted molar refractivity (Wildman–Crippen MR) is 262 cm³/mol. The molecule has 0 radical (unpaired) electrons. The van der Waals surface area contributed by atoms with Crippen molar-refractivity contribution in [3.8, 4) is 11.1 Å². The van der Waals surface area contributed by atoms with Gasteiger partial charge in [-0.05, 0) is 330 Å². The van der Waals surface area contributed by atoms with Crippen LogP contribution in [0.3, 0.4) is 0 Å². The van der Waals surface area contributed by atoms with Gasteiger partial charge in [-0.15, -0.1) is 0 Å². The van der Waals surface area contributed by atoms with Crippen LogP contribution in [0.5, 0.6) is 0 Å². The van der Waals surface area contributed by atoms with Crippen LogP contribution in [-0.2, 0) is 0 Å². The SMILES string of the molecule is Cc1c(C)c(-c2c(C)c(C)c(C=Cc3c(C)c(C)c(C)c4c(C)c(C)c(C)c(C)c34)c(C)c2C)c(C)c(C)c1C=Cc1c(C)c(C)c(C)c2c(C)c(C)c(C)c(C)c12. The Morgan fingerprint density at radius 1 is 0.155 bits per heavy atom. The molecule has 0 saturated carbocycles. The van der Waals surface area contributed by atoms with Gasteiger partial charge >= 0.3 is 0 Å². The van der Waals surface area contributed by atoms with Crippen LogP contribution in [0, 0.1) is 152 Å². The van der Waals surface area contributed by atoms with Crippen molar-refractivity contribution >= 4 is 45.8 Å². The molecule has 0 heterocycles. The maximum Gasteiger partial charge on any atom is -0.00711 e. The summed E-state index contributed by atoms with van der Waals surface area (Å²) in [6, 6.07) is 0. The average Bonchev–Trinajstić information content (AvgIpc) is 3.19. The Bertz CT molecular complexity index is 2580. The Balaban J connectivity index is 1.52. The molecule has 0 amide bonds. The second-order valence-corrected chi connectivity index (χ2v) is 18.3. The molecule has 0 heteroatoms. The van der Waals surface area contributed by atoms with Crippen molar-refractivity contribution in [3.63, 3.8) is 0 Å². The van der Waals surface area contributed by atoms with Gasteiger partial charge < -0.3 is 0 Å². The van der Waals surface area contributed by atoms with Crippen molar-refractivity contribution in [3.05, 3.63) is 145 Å². The molecular formula is C58H70. The summed E-state index contributed by atoms with van der Waals surface area (Å²) in [5, 5.41) is 5.70. The lowest BCUT2D eigenvalue weighted by molar-refractivity contribution is 1.19. The molecule has 0 aromatic heterocycles. The van der Waals surface area contributed by atoms with E-state index >= 15 is 0 Å². The van der Waals surface area contributed by atoms with Gasteiger partial charge in [-0.1, -0.05) is 24.3 Å². The highest BCUT2D eigenvalue weighted by molar-refractivity contribution is 6.04. The molecule has 6 rings (SSSR count). The lowest BCUT2D eigenvalue weighted by Crippen LogP contribution is -2.06.